The van der Waals surface area contributed by atoms with E-state index in [1.54, 1.807) is 0 Å². The number of hydrogen-bond donors (Lipinski definition) is 1. The first-order chi connectivity index (χ1) is 28.6. The van der Waals surface area contributed by atoms with Crippen LogP contribution in [0.1, 0.15) is 181 Å². The first-order valence-corrected chi connectivity index (χ1v) is 23.5. The molecule has 1 N–H and O–H groups in total. The van der Waals surface area contributed by atoms with Crippen molar-refractivity contribution in [1.82, 2.24) is 0 Å². The Hall–Kier alpha value is -3.23. The molecule has 0 radical (unpaired) electrons. The summed E-state index contributed by atoms with van der Waals surface area (Å²) in [5.41, 5.74) is 0. The third-order valence-corrected chi connectivity index (χ3v) is 10.1. The number of aliphatic carboxylic acids is 1. The Bertz CT molecular complexity index is 1190. The third-order valence-electron chi connectivity index (χ3n) is 10.1. The zero-order chi connectivity index (χ0) is 43.5. The van der Waals surface area contributed by atoms with Crippen molar-refractivity contribution >= 4 is 17.9 Å². The van der Waals surface area contributed by atoms with Gasteiger partial charge in [0.15, 0.2) is 12.1 Å². The summed E-state index contributed by atoms with van der Waals surface area (Å²) < 4.78 is 17.3. The van der Waals surface area contributed by atoms with Crippen LogP contribution in [0, 0.1) is 0 Å². The zero-order valence-corrected chi connectivity index (χ0v) is 38.4. The minimum Gasteiger partial charge on any atom is -0.477 e. The second kappa shape index (κ2) is 41.5. The van der Waals surface area contributed by atoms with Crippen molar-refractivity contribution in [3.05, 3.63) is 72.9 Å². The molecule has 0 spiro atoms. The highest BCUT2D eigenvalue weighted by molar-refractivity contribution is 5.72. The molecule has 338 valence electrons. The fourth-order valence-electron chi connectivity index (χ4n) is 6.48. The van der Waals surface area contributed by atoms with Crippen LogP contribution in [0.3, 0.4) is 0 Å². The monoisotopic (exact) mass is 827 g/mol. The Morgan fingerprint density at radius 3 is 1.53 bits per heavy atom. The number of allylic oxidation sites excluding steroid dienone is 12. The number of unbranched alkanes of at least 4 members (excludes halogenated alkanes) is 16. The summed E-state index contributed by atoms with van der Waals surface area (Å²) in [6.45, 7) is 4.57. The molecular weight excluding hydrogens is 739 g/mol. The van der Waals surface area contributed by atoms with E-state index in [0.29, 0.717) is 19.3 Å². The summed E-state index contributed by atoms with van der Waals surface area (Å²) in [5.74, 6) is -1.53. The highest BCUT2D eigenvalue weighted by Crippen LogP contribution is 2.13. The molecule has 0 aromatic carbocycles. The Kier molecular flexibility index (Phi) is 39.2. The van der Waals surface area contributed by atoms with Crippen LogP contribution in [0.15, 0.2) is 72.9 Å². The average Bonchev–Trinajstić information content (AvgIpc) is 3.19. The number of esters is 2. The van der Waals surface area contributed by atoms with E-state index in [-0.39, 0.29) is 36.2 Å². The molecule has 0 aliphatic heterocycles. The van der Waals surface area contributed by atoms with Gasteiger partial charge in [0.2, 0.25) is 0 Å². The van der Waals surface area contributed by atoms with Crippen molar-refractivity contribution < 1.29 is 38.2 Å². The lowest BCUT2D eigenvalue weighted by Crippen LogP contribution is -2.50. The molecule has 0 aromatic rings. The van der Waals surface area contributed by atoms with Gasteiger partial charge in [0.25, 0.3) is 0 Å². The summed E-state index contributed by atoms with van der Waals surface area (Å²) in [7, 11) is 5.51. The highest BCUT2D eigenvalue weighted by Gasteiger charge is 2.31. The van der Waals surface area contributed by atoms with E-state index in [1.807, 2.05) is 21.1 Å². The largest absolute Gasteiger partial charge is 0.477 e. The van der Waals surface area contributed by atoms with Crippen LogP contribution in [0.5, 0.6) is 0 Å². The van der Waals surface area contributed by atoms with Gasteiger partial charge in [-0.25, -0.2) is 4.79 Å². The van der Waals surface area contributed by atoms with Gasteiger partial charge in [-0.15, -0.1) is 0 Å². The highest BCUT2D eigenvalue weighted by atomic mass is 16.6. The van der Waals surface area contributed by atoms with Gasteiger partial charge < -0.3 is 23.8 Å². The van der Waals surface area contributed by atoms with E-state index in [1.165, 1.54) is 57.8 Å². The van der Waals surface area contributed by atoms with E-state index in [4.69, 9.17) is 14.2 Å². The molecule has 0 aliphatic rings. The molecule has 59 heavy (non-hydrogen) atoms. The minimum absolute atomic E-state index is 0.0423. The number of carbonyl (C=O) groups is 3. The van der Waals surface area contributed by atoms with Gasteiger partial charge in [-0.3, -0.25) is 9.59 Å². The molecule has 8 heteroatoms. The molecular formula is C51H88NO7+. The summed E-state index contributed by atoms with van der Waals surface area (Å²) >= 11 is 0. The minimum atomic E-state index is -0.884. The van der Waals surface area contributed by atoms with E-state index in [2.05, 4.69) is 86.8 Å². The second-order valence-corrected chi connectivity index (χ2v) is 16.7. The normalized spacial score (nSPS) is 13.6. The molecule has 0 bridgehead atoms. The van der Waals surface area contributed by atoms with Crippen molar-refractivity contribution in [2.45, 2.75) is 193 Å². The average molecular weight is 827 g/mol. The summed E-state index contributed by atoms with van der Waals surface area (Å²) in [6.07, 6.45) is 52.3. The van der Waals surface area contributed by atoms with E-state index in [9.17, 15) is 19.5 Å². The van der Waals surface area contributed by atoms with Crippen LogP contribution in [0.25, 0.3) is 0 Å². The lowest BCUT2D eigenvalue weighted by Gasteiger charge is -2.31. The molecule has 0 fully saturated rings. The molecule has 0 saturated carbocycles. The third kappa shape index (κ3) is 40.0. The Morgan fingerprint density at radius 1 is 0.542 bits per heavy atom. The van der Waals surface area contributed by atoms with Crippen LogP contribution in [0.4, 0.5) is 0 Å². The smallest absolute Gasteiger partial charge is 0.362 e. The second-order valence-electron chi connectivity index (χ2n) is 16.7. The molecule has 2 atom stereocenters. The van der Waals surface area contributed by atoms with Gasteiger partial charge in [-0.1, -0.05) is 157 Å². The van der Waals surface area contributed by atoms with E-state index >= 15 is 0 Å². The van der Waals surface area contributed by atoms with Crippen LogP contribution in [0.2, 0.25) is 0 Å². The van der Waals surface area contributed by atoms with Crippen LogP contribution in [-0.2, 0) is 28.6 Å². The van der Waals surface area contributed by atoms with Gasteiger partial charge >= 0.3 is 17.9 Å². The molecule has 2 unspecified atom stereocenters. The van der Waals surface area contributed by atoms with Gasteiger partial charge in [0.1, 0.15) is 6.61 Å². The number of ether oxygens (including phenoxy) is 3. The molecule has 0 amide bonds. The predicted molar refractivity (Wildman–Crippen MR) is 247 cm³/mol. The number of carboxylic acids is 1. The Morgan fingerprint density at radius 2 is 1.00 bits per heavy atom. The van der Waals surface area contributed by atoms with Gasteiger partial charge in [-0.2, -0.15) is 0 Å². The van der Waals surface area contributed by atoms with Crippen LogP contribution in [-0.4, -0.2) is 80.6 Å². The number of quaternary nitrogens is 1. The SMILES string of the molecule is CC/C=C/C/C=C/C/C=C/C/C=C/CCCCCCCCC(=O)OCC(COCCC(C(=O)O)[N+](C)(C)C)OC(=O)CCCCC/C=C/C=C/CCCCCCCCC. The predicted octanol–water partition coefficient (Wildman–Crippen LogP) is 13.1. The molecule has 0 aliphatic carbocycles. The molecule has 0 rings (SSSR count). The first-order valence-electron chi connectivity index (χ1n) is 23.5. The van der Waals surface area contributed by atoms with Gasteiger partial charge in [0, 0.05) is 19.3 Å². The maximum absolute atomic E-state index is 12.7. The summed E-state index contributed by atoms with van der Waals surface area (Å²) in [4.78, 5) is 37.0. The standard InChI is InChI=1S/C51H87NO7/c1-6-8-10-12-14-16-18-20-22-24-25-26-28-29-31-33-35-37-39-41-49(53)58-46-47(45-57-44-43-48(51(55)56)52(3,4)5)59-50(54)42-40-38-36-34-32-30-27-23-21-19-17-15-13-11-9-7-2/h8,10,14,16,20,22-23,25-27,30,32,47-48H,6-7,9,11-13,15,17-19,21,24,28-29,31,33-46H2,1-5H3/p+1/b10-8+,16-14+,22-20+,26-25+,27-23+,32-30+. The number of likely N-dealkylation sites (N-methyl/N-ethyl adjacent to an activating group) is 1. The van der Waals surface area contributed by atoms with Crippen LogP contribution >= 0.6 is 0 Å². The molecule has 0 heterocycles. The number of nitrogens with zero attached hydrogens (tertiary/aromatic N) is 1. The van der Waals surface area contributed by atoms with Gasteiger partial charge in [0.05, 0.1) is 34.4 Å². The van der Waals surface area contributed by atoms with Crippen molar-refractivity contribution in [2.75, 3.05) is 41.0 Å². The molecule has 0 aromatic heterocycles. The topological polar surface area (TPSA) is 99.1 Å². The fraction of sp³-hybridized carbons (Fsp3) is 0.706. The summed E-state index contributed by atoms with van der Waals surface area (Å²) in [5, 5.41) is 9.63. The maximum atomic E-state index is 12.7. The number of hydrogen-bond acceptors (Lipinski definition) is 6. The van der Waals surface area contributed by atoms with E-state index in [0.717, 1.165) is 89.9 Å². The summed E-state index contributed by atoms with van der Waals surface area (Å²) in [6, 6.07) is -0.625. The molecule has 8 nitrogen and oxygen atoms in total. The van der Waals surface area contributed by atoms with Crippen LogP contribution < -0.4 is 0 Å². The van der Waals surface area contributed by atoms with Crippen molar-refractivity contribution in [3.8, 4) is 0 Å². The quantitative estimate of drug-likeness (QED) is 0.0215. The van der Waals surface area contributed by atoms with E-state index < -0.39 is 18.1 Å². The maximum Gasteiger partial charge on any atom is 0.362 e. The first kappa shape index (κ1) is 55.8. The number of carbonyl (C=O) groups excluding carboxylic acids is 2. The zero-order valence-electron chi connectivity index (χ0n) is 38.4. The lowest BCUT2D eigenvalue weighted by atomic mass is 10.1. The number of carboxylic acid groups (broad SMARTS) is 1. The van der Waals surface area contributed by atoms with Crippen molar-refractivity contribution in [2.24, 2.45) is 0 Å². The number of rotatable bonds is 41. The lowest BCUT2D eigenvalue weighted by molar-refractivity contribution is -0.887. The Labute approximate surface area is 361 Å². The fourth-order valence-corrected chi connectivity index (χ4v) is 6.48. The molecule has 0 saturated heterocycles. The van der Waals surface area contributed by atoms with Crippen molar-refractivity contribution in [3.63, 3.8) is 0 Å². The van der Waals surface area contributed by atoms with Gasteiger partial charge in [-0.05, 0) is 77.0 Å². The Balaban J connectivity index is 4.39. The van der Waals surface area contributed by atoms with Crippen molar-refractivity contribution in [1.29, 1.82) is 0 Å².